The van der Waals surface area contributed by atoms with Crippen molar-refractivity contribution in [2.24, 2.45) is 5.41 Å². The van der Waals surface area contributed by atoms with E-state index in [1.54, 1.807) is 26.2 Å². The zero-order valence-electron chi connectivity index (χ0n) is 10.3. The van der Waals surface area contributed by atoms with Crippen LogP contribution in [-0.4, -0.2) is 29.3 Å². The van der Waals surface area contributed by atoms with Crippen LogP contribution >= 0.6 is 0 Å². The van der Waals surface area contributed by atoms with Crippen LogP contribution in [0.3, 0.4) is 0 Å². The highest BCUT2D eigenvalue weighted by Gasteiger charge is 2.27. The maximum absolute atomic E-state index is 10.8. The minimum Gasteiger partial charge on any atom is -0.481 e. The lowest BCUT2D eigenvalue weighted by Gasteiger charge is -2.18. The van der Waals surface area contributed by atoms with Crippen LogP contribution in [0.25, 0.3) is 0 Å². The molecule has 0 spiro atoms. The van der Waals surface area contributed by atoms with Gasteiger partial charge in [0.05, 0.1) is 12.0 Å². The molecule has 0 radical (unpaired) electrons. The molecule has 0 saturated heterocycles. The number of aryl methyl sites for hydroxylation is 1. The SMILES string of the molecule is CC(C)(COCCCc1ccncc1)C(=O)O. The van der Waals surface area contributed by atoms with Crippen molar-refractivity contribution in [3.63, 3.8) is 0 Å². The summed E-state index contributed by atoms with van der Waals surface area (Å²) in [5.41, 5.74) is 0.414. The number of carbonyl (C=O) groups is 1. The number of hydrogen-bond donors (Lipinski definition) is 1. The number of hydrogen-bond acceptors (Lipinski definition) is 3. The van der Waals surface area contributed by atoms with Crippen molar-refractivity contribution in [3.8, 4) is 0 Å². The van der Waals surface area contributed by atoms with Gasteiger partial charge in [-0.3, -0.25) is 9.78 Å². The summed E-state index contributed by atoms with van der Waals surface area (Å²) >= 11 is 0. The Bertz CT molecular complexity index is 349. The Morgan fingerprint density at radius 3 is 2.65 bits per heavy atom. The number of carboxylic acids is 1. The van der Waals surface area contributed by atoms with Crippen LogP contribution < -0.4 is 0 Å². The third-order valence-corrected chi connectivity index (χ3v) is 2.55. The van der Waals surface area contributed by atoms with Crippen LogP contribution in [0.5, 0.6) is 0 Å². The van der Waals surface area contributed by atoms with E-state index in [-0.39, 0.29) is 6.61 Å². The second-order valence-corrected chi connectivity index (χ2v) is 4.70. The van der Waals surface area contributed by atoms with Gasteiger partial charge in [-0.1, -0.05) is 0 Å². The molecule has 0 saturated carbocycles. The smallest absolute Gasteiger partial charge is 0.311 e. The fraction of sp³-hybridized carbons (Fsp3) is 0.538. The molecule has 0 aromatic carbocycles. The van der Waals surface area contributed by atoms with E-state index in [1.807, 2.05) is 12.1 Å². The van der Waals surface area contributed by atoms with E-state index in [0.717, 1.165) is 12.8 Å². The number of aromatic nitrogens is 1. The number of nitrogens with zero attached hydrogens (tertiary/aromatic N) is 1. The van der Waals surface area contributed by atoms with Crippen LogP contribution in [0.2, 0.25) is 0 Å². The predicted octanol–water partition coefficient (Wildman–Crippen LogP) is 2.14. The maximum Gasteiger partial charge on any atom is 0.311 e. The van der Waals surface area contributed by atoms with E-state index in [4.69, 9.17) is 9.84 Å². The summed E-state index contributed by atoms with van der Waals surface area (Å²) in [5, 5.41) is 8.89. The van der Waals surface area contributed by atoms with E-state index >= 15 is 0 Å². The zero-order chi connectivity index (χ0) is 12.7. The Hall–Kier alpha value is -1.42. The van der Waals surface area contributed by atoms with Gasteiger partial charge in [0, 0.05) is 19.0 Å². The average Bonchev–Trinajstić information content (AvgIpc) is 2.29. The fourth-order valence-corrected chi connectivity index (χ4v) is 1.32. The summed E-state index contributed by atoms with van der Waals surface area (Å²) < 4.78 is 5.39. The first kappa shape index (κ1) is 13.6. The van der Waals surface area contributed by atoms with E-state index < -0.39 is 11.4 Å². The lowest BCUT2D eigenvalue weighted by atomic mass is 9.95. The van der Waals surface area contributed by atoms with Crippen molar-refractivity contribution in [1.82, 2.24) is 4.98 Å². The quantitative estimate of drug-likeness (QED) is 0.738. The molecule has 0 fully saturated rings. The van der Waals surface area contributed by atoms with Gasteiger partial charge in [-0.05, 0) is 44.4 Å². The molecule has 4 heteroatoms. The number of rotatable bonds is 7. The monoisotopic (exact) mass is 237 g/mol. The molecule has 4 nitrogen and oxygen atoms in total. The molecule has 0 aliphatic carbocycles. The summed E-state index contributed by atoms with van der Waals surface area (Å²) in [7, 11) is 0. The third-order valence-electron chi connectivity index (χ3n) is 2.55. The van der Waals surface area contributed by atoms with Gasteiger partial charge in [-0.2, -0.15) is 0 Å². The second-order valence-electron chi connectivity index (χ2n) is 4.70. The molecule has 0 unspecified atom stereocenters. The topological polar surface area (TPSA) is 59.4 Å². The molecule has 17 heavy (non-hydrogen) atoms. The van der Waals surface area contributed by atoms with Crippen LogP contribution in [0, 0.1) is 5.41 Å². The first-order valence-corrected chi connectivity index (χ1v) is 5.72. The molecule has 1 rings (SSSR count). The molecule has 0 aliphatic rings. The third kappa shape index (κ3) is 4.95. The summed E-state index contributed by atoms with van der Waals surface area (Å²) in [6.07, 6.45) is 5.35. The van der Waals surface area contributed by atoms with Gasteiger partial charge < -0.3 is 9.84 Å². The normalized spacial score (nSPS) is 11.4. The lowest BCUT2D eigenvalue weighted by molar-refractivity contribution is -0.150. The molecule has 0 aliphatic heterocycles. The van der Waals surface area contributed by atoms with Crippen molar-refractivity contribution in [1.29, 1.82) is 0 Å². The zero-order valence-corrected chi connectivity index (χ0v) is 10.3. The molecule has 0 atom stereocenters. The first-order chi connectivity index (χ1) is 8.02. The molecule has 1 N–H and O–H groups in total. The fourth-order valence-electron chi connectivity index (χ4n) is 1.32. The van der Waals surface area contributed by atoms with Gasteiger partial charge in [0.2, 0.25) is 0 Å². The number of aliphatic carboxylic acids is 1. The molecular weight excluding hydrogens is 218 g/mol. The van der Waals surface area contributed by atoms with E-state index in [1.165, 1.54) is 5.56 Å². The molecule has 1 aromatic rings. The summed E-state index contributed by atoms with van der Waals surface area (Å²) in [6.45, 7) is 4.16. The van der Waals surface area contributed by atoms with E-state index in [2.05, 4.69) is 4.98 Å². The van der Waals surface area contributed by atoms with Crippen LogP contribution in [-0.2, 0) is 16.0 Å². The number of ether oxygens (including phenoxy) is 1. The van der Waals surface area contributed by atoms with Gasteiger partial charge in [-0.25, -0.2) is 0 Å². The summed E-state index contributed by atoms with van der Waals surface area (Å²) in [4.78, 5) is 14.8. The van der Waals surface area contributed by atoms with Crippen molar-refractivity contribution < 1.29 is 14.6 Å². The molecular formula is C13H19NO3. The van der Waals surface area contributed by atoms with Crippen molar-refractivity contribution in [2.75, 3.05) is 13.2 Å². The molecule has 1 aromatic heterocycles. The van der Waals surface area contributed by atoms with Crippen LogP contribution in [0.4, 0.5) is 0 Å². The minimum atomic E-state index is -0.827. The summed E-state index contributed by atoms with van der Waals surface area (Å²) in [5.74, 6) is -0.827. The van der Waals surface area contributed by atoms with Crippen LogP contribution in [0.1, 0.15) is 25.8 Å². The average molecular weight is 237 g/mol. The Balaban J connectivity index is 2.15. The Kier molecular flexibility index (Phi) is 5.10. The van der Waals surface area contributed by atoms with E-state index in [0.29, 0.717) is 6.61 Å². The van der Waals surface area contributed by atoms with Crippen LogP contribution in [0.15, 0.2) is 24.5 Å². The maximum atomic E-state index is 10.8. The van der Waals surface area contributed by atoms with E-state index in [9.17, 15) is 4.79 Å². The second kappa shape index (κ2) is 6.35. The predicted molar refractivity (Wildman–Crippen MR) is 64.8 cm³/mol. The standard InChI is InChI=1S/C13H19NO3/c1-13(2,12(15)16)10-17-9-3-4-11-5-7-14-8-6-11/h5-8H,3-4,9-10H2,1-2H3,(H,15,16). The Labute approximate surface area is 102 Å². The number of pyridine rings is 1. The molecule has 94 valence electrons. The Morgan fingerprint density at radius 1 is 1.41 bits per heavy atom. The summed E-state index contributed by atoms with van der Waals surface area (Å²) in [6, 6.07) is 3.95. The Morgan fingerprint density at radius 2 is 2.06 bits per heavy atom. The van der Waals surface area contributed by atoms with Gasteiger partial charge in [0.25, 0.3) is 0 Å². The highest BCUT2D eigenvalue weighted by molar-refractivity contribution is 5.73. The van der Waals surface area contributed by atoms with Gasteiger partial charge >= 0.3 is 5.97 Å². The highest BCUT2D eigenvalue weighted by atomic mass is 16.5. The lowest BCUT2D eigenvalue weighted by Crippen LogP contribution is -2.29. The van der Waals surface area contributed by atoms with Crippen molar-refractivity contribution in [2.45, 2.75) is 26.7 Å². The van der Waals surface area contributed by atoms with Crippen molar-refractivity contribution >= 4 is 5.97 Å². The first-order valence-electron chi connectivity index (χ1n) is 5.72. The minimum absolute atomic E-state index is 0.249. The molecule has 1 heterocycles. The highest BCUT2D eigenvalue weighted by Crippen LogP contribution is 2.15. The largest absolute Gasteiger partial charge is 0.481 e. The molecule has 0 bridgehead atoms. The van der Waals surface area contributed by atoms with Gasteiger partial charge in [-0.15, -0.1) is 0 Å². The van der Waals surface area contributed by atoms with Gasteiger partial charge in [0.1, 0.15) is 0 Å². The van der Waals surface area contributed by atoms with Crippen molar-refractivity contribution in [3.05, 3.63) is 30.1 Å². The van der Waals surface area contributed by atoms with Gasteiger partial charge in [0.15, 0.2) is 0 Å². The number of carboxylic acid groups (broad SMARTS) is 1. The molecule has 0 amide bonds.